The van der Waals surface area contributed by atoms with Crippen LogP contribution in [-0.2, 0) is 9.53 Å². The van der Waals surface area contributed by atoms with Crippen molar-refractivity contribution < 1.29 is 9.53 Å². The largest absolute Gasteiger partial charge is 0.469 e. The van der Waals surface area contributed by atoms with Gasteiger partial charge in [0.05, 0.1) is 13.5 Å². The minimum Gasteiger partial charge on any atom is -0.469 e. The lowest BCUT2D eigenvalue weighted by Gasteiger charge is -2.41. The summed E-state index contributed by atoms with van der Waals surface area (Å²) in [6.07, 6.45) is 0.480. The highest BCUT2D eigenvalue weighted by atomic mass is 16.5. The molecular formula is C11H22N2O2. The first-order valence-electron chi connectivity index (χ1n) is 5.60. The predicted molar refractivity (Wildman–Crippen MR) is 59.7 cm³/mol. The monoisotopic (exact) mass is 214 g/mol. The maximum atomic E-state index is 11.2. The van der Waals surface area contributed by atoms with Gasteiger partial charge in [0.1, 0.15) is 0 Å². The average Bonchev–Trinajstić information content (AvgIpc) is 2.21. The average molecular weight is 214 g/mol. The SMILES string of the molecule is COC(=O)CC(C)N1CC(C)NCC1C. The van der Waals surface area contributed by atoms with E-state index in [1.54, 1.807) is 0 Å². The number of esters is 1. The van der Waals surface area contributed by atoms with Crippen molar-refractivity contribution in [2.45, 2.75) is 45.3 Å². The molecule has 1 saturated heterocycles. The van der Waals surface area contributed by atoms with Crippen LogP contribution < -0.4 is 5.32 Å². The van der Waals surface area contributed by atoms with E-state index >= 15 is 0 Å². The van der Waals surface area contributed by atoms with Crippen molar-refractivity contribution in [3.63, 3.8) is 0 Å². The summed E-state index contributed by atoms with van der Waals surface area (Å²) in [7, 11) is 1.44. The van der Waals surface area contributed by atoms with E-state index in [1.807, 2.05) is 0 Å². The number of carbonyl (C=O) groups is 1. The van der Waals surface area contributed by atoms with E-state index in [0.29, 0.717) is 18.5 Å². The van der Waals surface area contributed by atoms with Crippen LogP contribution in [-0.4, -0.2) is 49.2 Å². The van der Waals surface area contributed by atoms with Crippen molar-refractivity contribution in [2.75, 3.05) is 20.2 Å². The van der Waals surface area contributed by atoms with Gasteiger partial charge in [0.25, 0.3) is 0 Å². The van der Waals surface area contributed by atoms with Crippen LogP contribution in [0.15, 0.2) is 0 Å². The molecule has 15 heavy (non-hydrogen) atoms. The molecule has 0 radical (unpaired) electrons. The van der Waals surface area contributed by atoms with Gasteiger partial charge in [0.2, 0.25) is 0 Å². The van der Waals surface area contributed by atoms with Crippen molar-refractivity contribution in [3.05, 3.63) is 0 Å². The van der Waals surface area contributed by atoms with Crippen molar-refractivity contribution in [2.24, 2.45) is 0 Å². The molecule has 4 nitrogen and oxygen atoms in total. The zero-order valence-corrected chi connectivity index (χ0v) is 10.1. The van der Waals surface area contributed by atoms with Crippen LogP contribution >= 0.6 is 0 Å². The van der Waals surface area contributed by atoms with Crippen molar-refractivity contribution >= 4 is 5.97 Å². The second kappa shape index (κ2) is 5.47. The van der Waals surface area contributed by atoms with E-state index in [9.17, 15) is 4.79 Å². The van der Waals surface area contributed by atoms with Crippen LogP contribution in [0.5, 0.6) is 0 Å². The van der Waals surface area contributed by atoms with E-state index in [0.717, 1.165) is 13.1 Å². The van der Waals surface area contributed by atoms with Gasteiger partial charge in [-0.2, -0.15) is 0 Å². The lowest BCUT2D eigenvalue weighted by atomic mass is 10.1. The van der Waals surface area contributed by atoms with Crippen molar-refractivity contribution in [3.8, 4) is 0 Å². The van der Waals surface area contributed by atoms with Crippen LogP contribution in [0.3, 0.4) is 0 Å². The molecule has 1 N–H and O–H groups in total. The molecule has 3 unspecified atom stereocenters. The Morgan fingerprint density at radius 3 is 2.87 bits per heavy atom. The smallest absolute Gasteiger partial charge is 0.307 e. The maximum absolute atomic E-state index is 11.2. The van der Waals surface area contributed by atoms with Crippen LogP contribution in [0.4, 0.5) is 0 Å². The summed E-state index contributed by atoms with van der Waals surface area (Å²) < 4.78 is 4.69. The van der Waals surface area contributed by atoms with Gasteiger partial charge >= 0.3 is 5.97 Å². The van der Waals surface area contributed by atoms with Gasteiger partial charge in [-0.15, -0.1) is 0 Å². The van der Waals surface area contributed by atoms with Gasteiger partial charge in [0.15, 0.2) is 0 Å². The van der Waals surface area contributed by atoms with Crippen LogP contribution in [0.25, 0.3) is 0 Å². The summed E-state index contributed by atoms with van der Waals surface area (Å²) in [5.41, 5.74) is 0. The fraction of sp³-hybridized carbons (Fsp3) is 0.909. The first-order valence-corrected chi connectivity index (χ1v) is 5.60. The second-order valence-corrected chi connectivity index (χ2v) is 4.48. The van der Waals surface area contributed by atoms with Gasteiger partial charge in [0, 0.05) is 31.2 Å². The Morgan fingerprint density at radius 2 is 2.27 bits per heavy atom. The molecule has 1 aliphatic heterocycles. The molecule has 0 aromatic carbocycles. The second-order valence-electron chi connectivity index (χ2n) is 4.48. The normalized spacial score (nSPS) is 29.9. The summed E-state index contributed by atoms with van der Waals surface area (Å²) in [4.78, 5) is 13.6. The highest BCUT2D eigenvalue weighted by Gasteiger charge is 2.27. The van der Waals surface area contributed by atoms with Gasteiger partial charge in [-0.3, -0.25) is 9.69 Å². The molecule has 0 bridgehead atoms. The molecule has 1 fully saturated rings. The molecule has 0 aromatic heterocycles. The number of hydrogen-bond donors (Lipinski definition) is 1. The molecule has 0 saturated carbocycles. The Morgan fingerprint density at radius 1 is 1.60 bits per heavy atom. The number of ether oxygens (including phenoxy) is 1. The Kier molecular flexibility index (Phi) is 4.54. The number of piperazine rings is 1. The molecule has 4 heteroatoms. The van der Waals surface area contributed by atoms with Crippen molar-refractivity contribution in [1.29, 1.82) is 0 Å². The number of nitrogens with one attached hydrogen (secondary N) is 1. The highest BCUT2D eigenvalue weighted by molar-refractivity contribution is 5.69. The molecule has 3 atom stereocenters. The van der Waals surface area contributed by atoms with Crippen LogP contribution in [0, 0.1) is 0 Å². The van der Waals surface area contributed by atoms with Gasteiger partial charge < -0.3 is 10.1 Å². The molecule has 0 spiro atoms. The number of rotatable bonds is 3. The minimum absolute atomic E-state index is 0.124. The van der Waals surface area contributed by atoms with Gasteiger partial charge in [-0.25, -0.2) is 0 Å². The fourth-order valence-electron chi connectivity index (χ4n) is 2.11. The summed E-state index contributed by atoms with van der Waals surface area (Å²) in [6.45, 7) is 8.44. The lowest BCUT2D eigenvalue weighted by molar-refractivity contribution is -0.142. The molecule has 0 amide bonds. The molecule has 88 valence electrons. The number of methoxy groups -OCH3 is 1. The van der Waals surface area contributed by atoms with Crippen molar-refractivity contribution in [1.82, 2.24) is 10.2 Å². The summed E-state index contributed by atoms with van der Waals surface area (Å²) in [5.74, 6) is -0.124. The zero-order valence-electron chi connectivity index (χ0n) is 10.1. The van der Waals surface area contributed by atoms with Crippen LogP contribution in [0.1, 0.15) is 27.2 Å². The third-order valence-corrected chi connectivity index (χ3v) is 3.07. The van der Waals surface area contributed by atoms with E-state index < -0.39 is 0 Å². The molecule has 1 heterocycles. The van der Waals surface area contributed by atoms with E-state index in [-0.39, 0.29) is 12.0 Å². The number of nitrogens with zero attached hydrogens (tertiary/aromatic N) is 1. The summed E-state index contributed by atoms with van der Waals surface area (Å²) in [5, 5.41) is 3.43. The first-order chi connectivity index (χ1) is 7.04. The molecular weight excluding hydrogens is 192 g/mol. The lowest BCUT2D eigenvalue weighted by Crippen LogP contribution is -2.57. The molecule has 1 aliphatic rings. The van der Waals surface area contributed by atoms with E-state index in [4.69, 9.17) is 4.74 Å². The molecule has 1 rings (SSSR count). The third-order valence-electron chi connectivity index (χ3n) is 3.07. The van der Waals surface area contributed by atoms with Gasteiger partial charge in [-0.05, 0) is 20.8 Å². The van der Waals surface area contributed by atoms with E-state index in [2.05, 4.69) is 31.0 Å². The molecule has 0 aromatic rings. The predicted octanol–water partition coefficient (Wildman–Crippen LogP) is 0.620. The highest BCUT2D eigenvalue weighted by Crippen LogP contribution is 2.13. The Bertz CT molecular complexity index is 221. The fourth-order valence-corrected chi connectivity index (χ4v) is 2.11. The minimum atomic E-state index is -0.124. The Balaban J connectivity index is 2.49. The third kappa shape index (κ3) is 3.47. The standard InChI is InChI=1S/C11H22N2O2/c1-8-7-13(10(3)6-12-8)9(2)5-11(14)15-4/h8-10,12H,5-7H2,1-4H3. The first kappa shape index (κ1) is 12.5. The quantitative estimate of drug-likeness (QED) is 0.699. The Hall–Kier alpha value is -0.610. The topological polar surface area (TPSA) is 41.6 Å². The number of carbonyl (C=O) groups excluding carboxylic acids is 1. The van der Waals surface area contributed by atoms with Crippen LogP contribution in [0.2, 0.25) is 0 Å². The summed E-state index contributed by atoms with van der Waals surface area (Å²) >= 11 is 0. The maximum Gasteiger partial charge on any atom is 0.307 e. The zero-order chi connectivity index (χ0) is 11.4. The van der Waals surface area contributed by atoms with Gasteiger partial charge in [-0.1, -0.05) is 0 Å². The van der Waals surface area contributed by atoms with E-state index in [1.165, 1.54) is 7.11 Å². The molecule has 0 aliphatic carbocycles. The Labute approximate surface area is 92.0 Å². The summed E-state index contributed by atoms with van der Waals surface area (Å²) in [6, 6.07) is 1.25. The number of hydrogen-bond acceptors (Lipinski definition) is 4.